The van der Waals surface area contributed by atoms with Gasteiger partial charge in [-0.05, 0) is 33.4 Å². The van der Waals surface area contributed by atoms with E-state index in [1.165, 1.54) is 0 Å². The van der Waals surface area contributed by atoms with Crippen LogP contribution in [0.3, 0.4) is 0 Å². The van der Waals surface area contributed by atoms with E-state index in [-0.39, 0.29) is 5.12 Å². The molecule has 0 atom stereocenters. The van der Waals surface area contributed by atoms with E-state index in [2.05, 4.69) is 24.5 Å². The van der Waals surface area contributed by atoms with Gasteiger partial charge in [-0.3, -0.25) is 4.79 Å². The maximum absolute atomic E-state index is 10.6. The van der Waals surface area contributed by atoms with Crippen LogP contribution in [0.2, 0.25) is 0 Å². The average Bonchev–Trinajstić information content (AvgIpc) is 1.65. The van der Waals surface area contributed by atoms with Crippen molar-refractivity contribution in [2.75, 3.05) is 0 Å². The number of carbonyl (C=O) groups excluding carboxylic acids is 1. The van der Waals surface area contributed by atoms with Gasteiger partial charge in [0.2, 0.25) is 5.12 Å². The lowest BCUT2D eigenvalue weighted by Gasteiger charge is -2.08. The first kappa shape index (κ1) is 8.45. The van der Waals surface area contributed by atoms with E-state index >= 15 is 0 Å². The normalized spacial score (nSPS) is 9.67. The minimum absolute atomic E-state index is 0.295. The Kier molecular flexibility index (Phi) is 2.66. The fraction of sp³-hybridized carbons (Fsp3) is 0.571. The zero-order valence-corrected chi connectivity index (χ0v) is 6.63. The first-order valence-corrected chi connectivity index (χ1v) is 3.07. The SMILES string of the molecule is CC#CC(C)(C)C(=O)[S]. The van der Waals surface area contributed by atoms with Crippen LogP contribution in [-0.2, 0) is 4.79 Å². The van der Waals surface area contributed by atoms with Crippen LogP contribution in [0.1, 0.15) is 20.8 Å². The van der Waals surface area contributed by atoms with E-state index in [0.29, 0.717) is 0 Å². The van der Waals surface area contributed by atoms with Crippen LogP contribution < -0.4 is 0 Å². The van der Waals surface area contributed by atoms with Crippen molar-refractivity contribution in [3.63, 3.8) is 0 Å². The molecule has 1 radical (unpaired) electrons. The predicted octanol–water partition coefficient (Wildman–Crippen LogP) is 1.76. The van der Waals surface area contributed by atoms with Crippen LogP contribution >= 0.6 is 12.6 Å². The molecule has 0 aromatic heterocycles. The largest absolute Gasteiger partial charge is 0.280 e. The predicted molar refractivity (Wildman–Crippen MR) is 39.8 cm³/mol. The van der Waals surface area contributed by atoms with Crippen molar-refractivity contribution < 1.29 is 4.79 Å². The van der Waals surface area contributed by atoms with Gasteiger partial charge in [-0.15, -0.1) is 5.92 Å². The Morgan fingerprint density at radius 2 is 2.00 bits per heavy atom. The molecular formula is C7H9OS. The van der Waals surface area contributed by atoms with Crippen LogP contribution in [0.5, 0.6) is 0 Å². The van der Waals surface area contributed by atoms with Gasteiger partial charge in [-0.1, -0.05) is 5.92 Å². The molecule has 0 aliphatic heterocycles. The molecule has 0 amide bonds. The molecule has 0 aliphatic rings. The lowest BCUT2D eigenvalue weighted by atomic mass is 9.97. The molecule has 0 aromatic rings. The molecule has 0 aliphatic carbocycles. The summed E-state index contributed by atoms with van der Waals surface area (Å²) in [7, 11) is 0. The highest BCUT2D eigenvalue weighted by molar-refractivity contribution is 7.96. The number of carbonyl (C=O) groups is 1. The fourth-order valence-electron chi connectivity index (χ4n) is 0.364. The summed E-state index contributed by atoms with van der Waals surface area (Å²) in [5, 5.41) is -0.295. The second-order valence-corrected chi connectivity index (χ2v) is 2.66. The Hall–Kier alpha value is -0.550. The molecule has 1 nitrogen and oxygen atoms in total. The molecule has 0 saturated heterocycles. The molecule has 0 bridgehead atoms. The zero-order chi connectivity index (χ0) is 7.49. The maximum Gasteiger partial charge on any atom is 0.236 e. The molecule has 0 fully saturated rings. The van der Waals surface area contributed by atoms with Gasteiger partial charge in [0.25, 0.3) is 0 Å². The second-order valence-electron chi connectivity index (χ2n) is 2.29. The first-order valence-electron chi connectivity index (χ1n) is 2.66. The lowest BCUT2D eigenvalue weighted by Crippen LogP contribution is -2.16. The fourth-order valence-corrected chi connectivity index (χ4v) is 0.415. The lowest BCUT2D eigenvalue weighted by molar-refractivity contribution is -0.115. The molecule has 0 unspecified atom stereocenters. The molecule has 0 saturated carbocycles. The molecular weight excluding hydrogens is 132 g/mol. The van der Waals surface area contributed by atoms with Gasteiger partial charge in [0, 0.05) is 0 Å². The monoisotopic (exact) mass is 141 g/mol. The van der Waals surface area contributed by atoms with Crippen molar-refractivity contribution in [1.29, 1.82) is 0 Å². The Bertz CT molecular complexity index is 171. The van der Waals surface area contributed by atoms with Gasteiger partial charge in [-0.25, -0.2) is 0 Å². The Morgan fingerprint density at radius 1 is 1.56 bits per heavy atom. The Labute approximate surface area is 61.2 Å². The standard InChI is InChI=1S/C7H9OS/c1-4-5-7(2,3)6(8)9/h1-3H3. The van der Waals surface area contributed by atoms with E-state index < -0.39 is 5.41 Å². The van der Waals surface area contributed by atoms with Crippen LogP contribution in [0.25, 0.3) is 0 Å². The van der Waals surface area contributed by atoms with Gasteiger partial charge < -0.3 is 0 Å². The molecule has 2 heteroatoms. The number of hydrogen-bond acceptors (Lipinski definition) is 1. The van der Waals surface area contributed by atoms with E-state index in [1.807, 2.05) is 0 Å². The van der Waals surface area contributed by atoms with Crippen molar-refractivity contribution in [2.24, 2.45) is 5.41 Å². The van der Waals surface area contributed by atoms with Gasteiger partial charge >= 0.3 is 0 Å². The topological polar surface area (TPSA) is 17.1 Å². The smallest absolute Gasteiger partial charge is 0.236 e. The van der Waals surface area contributed by atoms with Crippen LogP contribution in [0.15, 0.2) is 0 Å². The number of rotatable bonds is 1. The van der Waals surface area contributed by atoms with Crippen LogP contribution in [0, 0.1) is 17.3 Å². The summed E-state index contributed by atoms with van der Waals surface area (Å²) in [4.78, 5) is 10.6. The van der Waals surface area contributed by atoms with Crippen molar-refractivity contribution in [3.05, 3.63) is 0 Å². The van der Waals surface area contributed by atoms with Crippen molar-refractivity contribution >= 4 is 17.7 Å². The molecule has 49 valence electrons. The van der Waals surface area contributed by atoms with Crippen LogP contribution in [-0.4, -0.2) is 5.12 Å². The summed E-state index contributed by atoms with van der Waals surface area (Å²) in [5.74, 6) is 5.37. The van der Waals surface area contributed by atoms with Gasteiger partial charge in [0.15, 0.2) is 0 Å². The van der Waals surface area contributed by atoms with Crippen LogP contribution in [0.4, 0.5) is 0 Å². The molecule has 0 heterocycles. The molecule has 0 aromatic carbocycles. The Morgan fingerprint density at radius 3 is 2.11 bits per heavy atom. The van der Waals surface area contributed by atoms with Gasteiger partial charge in [0.1, 0.15) is 0 Å². The molecule has 0 N–H and O–H groups in total. The van der Waals surface area contributed by atoms with Gasteiger partial charge in [0.05, 0.1) is 5.41 Å². The highest BCUT2D eigenvalue weighted by Gasteiger charge is 2.21. The third kappa shape index (κ3) is 2.48. The summed E-state index contributed by atoms with van der Waals surface area (Å²) in [5.41, 5.74) is -0.635. The van der Waals surface area contributed by atoms with E-state index in [1.54, 1.807) is 20.8 Å². The highest BCUT2D eigenvalue weighted by Crippen LogP contribution is 2.16. The maximum atomic E-state index is 10.6. The summed E-state index contributed by atoms with van der Waals surface area (Å²) in [6, 6.07) is 0. The molecule has 9 heavy (non-hydrogen) atoms. The van der Waals surface area contributed by atoms with Crippen molar-refractivity contribution in [3.8, 4) is 11.8 Å². The second kappa shape index (κ2) is 2.84. The summed E-state index contributed by atoms with van der Waals surface area (Å²) in [6.07, 6.45) is 0. The van der Waals surface area contributed by atoms with Crippen molar-refractivity contribution in [1.82, 2.24) is 0 Å². The number of hydrogen-bond donors (Lipinski definition) is 0. The third-order valence-electron chi connectivity index (χ3n) is 0.948. The minimum atomic E-state index is -0.635. The quantitative estimate of drug-likeness (QED) is 0.508. The summed E-state index contributed by atoms with van der Waals surface area (Å²) < 4.78 is 0. The highest BCUT2D eigenvalue weighted by atomic mass is 32.1. The van der Waals surface area contributed by atoms with E-state index in [4.69, 9.17) is 0 Å². The van der Waals surface area contributed by atoms with E-state index in [0.717, 1.165) is 0 Å². The zero-order valence-electron chi connectivity index (χ0n) is 5.82. The summed E-state index contributed by atoms with van der Waals surface area (Å²) in [6.45, 7) is 5.14. The average molecular weight is 141 g/mol. The Balaban J connectivity index is 4.32. The van der Waals surface area contributed by atoms with Gasteiger partial charge in [-0.2, -0.15) is 0 Å². The summed E-state index contributed by atoms with van der Waals surface area (Å²) >= 11 is 4.44. The first-order chi connectivity index (χ1) is 4.00. The van der Waals surface area contributed by atoms with E-state index in [9.17, 15) is 4.79 Å². The molecule has 0 spiro atoms. The van der Waals surface area contributed by atoms with Crippen molar-refractivity contribution in [2.45, 2.75) is 20.8 Å². The minimum Gasteiger partial charge on any atom is -0.280 e. The third-order valence-corrected chi connectivity index (χ3v) is 1.46. The molecule has 0 rings (SSSR count).